The minimum Gasteiger partial charge on any atom is -0.444 e. The van der Waals surface area contributed by atoms with Crippen molar-refractivity contribution in [3.63, 3.8) is 0 Å². The van der Waals surface area contributed by atoms with Gasteiger partial charge in [-0.2, -0.15) is 0 Å². The van der Waals surface area contributed by atoms with Gasteiger partial charge in [-0.1, -0.05) is 46.3 Å². The smallest absolute Gasteiger partial charge is 0.411 e. The van der Waals surface area contributed by atoms with Crippen LogP contribution in [0.15, 0.2) is 63.1 Å². The molecule has 0 radical (unpaired) electrons. The highest BCUT2D eigenvalue weighted by Gasteiger charge is 2.13. The summed E-state index contributed by atoms with van der Waals surface area (Å²) in [5.74, 6) is 0. The van der Waals surface area contributed by atoms with Gasteiger partial charge in [0, 0.05) is 16.4 Å². The van der Waals surface area contributed by atoms with Crippen LogP contribution in [0.1, 0.15) is 5.56 Å². The number of nitrogens with one attached hydrogen (secondary N) is 1. The maximum absolute atomic E-state index is 12.1. The fourth-order valence-corrected chi connectivity index (χ4v) is 3.12. The van der Waals surface area contributed by atoms with Crippen LogP contribution in [-0.2, 0) is 18.4 Å². The minimum absolute atomic E-state index is 0.205. The maximum Gasteiger partial charge on any atom is 0.411 e. The Morgan fingerprint density at radius 2 is 2.08 bits per heavy atom. The highest BCUT2D eigenvalue weighted by Crippen LogP contribution is 2.33. The molecule has 0 saturated heterocycles. The number of halogens is 1. The summed E-state index contributed by atoms with van der Waals surface area (Å²) in [5, 5.41) is 14.7. The number of hydrogen-bond acceptors (Lipinski definition) is 6. The fraction of sp³-hybridized carbons (Fsp3) is 0.125. The molecule has 0 aliphatic heterocycles. The van der Waals surface area contributed by atoms with Gasteiger partial charge in [0.15, 0.2) is 0 Å². The van der Waals surface area contributed by atoms with Gasteiger partial charge < -0.3 is 4.74 Å². The summed E-state index contributed by atoms with van der Waals surface area (Å²) >= 11 is 4.76. The quantitative estimate of drug-likeness (QED) is 0.675. The van der Waals surface area contributed by atoms with Crippen molar-refractivity contribution in [3.05, 3.63) is 58.6 Å². The lowest BCUT2D eigenvalue weighted by atomic mass is 10.2. The number of anilines is 1. The van der Waals surface area contributed by atoms with Crippen molar-refractivity contribution >= 4 is 39.5 Å². The zero-order valence-electron chi connectivity index (χ0n) is 13.2. The van der Waals surface area contributed by atoms with Crippen molar-refractivity contribution in [2.45, 2.75) is 16.7 Å². The molecule has 0 atom stereocenters. The Balaban J connectivity index is 1.69. The second-order valence-electron chi connectivity index (χ2n) is 5.01. The summed E-state index contributed by atoms with van der Waals surface area (Å²) in [7, 11) is 1.75. The standard InChI is InChI=1S/C16H14BrN5O2S/c1-22-15(19-20-21-22)25-14-8-7-12(17)9-13(14)18-16(23)24-10-11-5-3-2-4-6-11/h2-9H,10H2,1H3,(H,18,23). The lowest BCUT2D eigenvalue weighted by molar-refractivity contribution is 0.155. The average Bonchev–Trinajstić information content (AvgIpc) is 3.01. The fourth-order valence-electron chi connectivity index (χ4n) is 1.96. The number of benzene rings is 2. The van der Waals surface area contributed by atoms with Crippen LogP contribution in [0.25, 0.3) is 0 Å². The lowest BCUT2D eigenvalue weighted by Gasteiger charge is -2.11. The number of carbonyl (C=O) groups is 1. The first-order valence-corrected chi connectivity index (χ1v) is 8.90. The van der Waals surface area contributed by atoms with Gasteiger partial charge in [0.1, 0.15) is 6.61 Å². The Kier molecular flexibility index (Phi) is 5.67. The number of ether oxygens (including phenoxy) is 1. The largest absolute Gasteiger partial charge is 0.444 e. The topological polar surface area (TPSA) is 81.9 Å². The number of hydrogen-bond donors (Lipinski definition) is 1. The maximum atomic E-state index is 12.1. The van der Waals surface area contributed by atoms with Crippen molar-refractivity contribution < 1.29 is 9.53 Å². The van der Waals surface area contributed by atoms with E-state index in [2.05, 4.69) is 36.8 Å². The molecular weight excluding hydrogens is 406 g/mol. The zero-order valence-corrected chi connectivity index (χ0v) is 15.6. The van der Waals surface area contributed by atoms with E-state index in [1.807, 2.05) is 42.5 Å². The van der Waals surface area contributed by atoms with E-state index in [0.29, 0.717) is 10.8 Å². The van der Waals surface area contributed by atoms with Crippen molar-refractivity contribution in [1.82, 2.24) is 20.2 Å². The van der Waals surface area contributed by atoms with Gasteiger partial charge in [-0.3, -0.25) is 5.32 Å². The Hall–Kier alpha value is -2.39. The predicted octanol–water partition coefficient (Wildman–Crippen LogP) is 3.87. The van der Waals surface area contributed by atoms with Crippen LogP contribution in [0.4, 0.5) is 10.5 Å². The van der Waals surface area contributed by atoms with Crippen LogP contribution in [0.3, 0.4) is 0 Å². The van der Waals surface area contributed by atoms with E-state index >= 15 is 0 Å². The number of aromatic nitrogens is 4. The van der Waals surface area contributed by atoms with Crippen molar-refractivity contribution in [2.75, 3.05) is 5.32 Å². The van der Waals surface area contributed by atoms with E-state index < -0.39 is 6.09 Å². The van der Waals surface area contributed by atoms with Crippen molar-refractivity contribution in [2.24, 2.45) is 7.05 Å². The van der Waals surface area contributed by atoms with E-state index in [1.165, 1.54) is 11.8 Å². The number of aryl methyl sites for hydroxylation is 1. The van der Waals surface area contributed by atoms with E-state index in [9.17, 15) is 4.79 Å². The number of amides is 1. The first-order chi connectivity index (χ1) is 12.1. The molecule has 0 aliphatic rings. The monoisotopic (exact) mass is 419 g/mol. The first kappa shape index (κ1) is 17.4. The second kappa shape index (κ2) is 8.13. The minimum atomic E-state index is -0.528. The number of tetrazole rings is 1. The predicted molar refractivity (Wildman–Crippen MR) is 97.3 cm³/mol. The summed E-state index contributed by atoms with van der Waals surface area (Å²) in [6.07, 6.45) is -0.528. The Labute approximate surface area is 156 Å². The molecule has 1 aromatic heterocycles. The van der Waals surface area contributed by atoms with Gasteiger partial charge in [-0.15, -0.1) is 5.10 Å². The highest BCUT2D eigenvalue weighted by atomic mass is 79.9. The molecule has 0 saturated carbocycles. The molecule has 25 heavy (non-hydrogen) atoms. The van der Waals surface area contributed by atoms with Crippen molar-refractivity contribution in [3.8, 4) is 0 Å². The molecule has 3 aromatic rings. The Bertz CT molecular complexity index is 872. The van der Waals surface area contributed by atoms with Gasteiger partial charge >= 0.3 is 6.09 Å². The summed E-state index contributed by atoms with van der Waals surface area (Å²) in [6, 6.07) is 15.1. The second-order valence-corrected chi connectivity index (χ2v) is 6.94. The molecular formula is C16H14BrN5O2S. The molecule has 1 heterocycles. The molecule has 128 valence electrons. The van der Waals surface area contributed by atoms with Gasteiger partial charge in [-0.25, -0.2) is 9.48 Å². The SMILES string of the molecule is Cn1nnnc1Sc1ccc(Br)cc1NC(=O)OCc1ccccc1. The van der Waals surface area contributed by atoms with Crippen LogP contribution < -0.4 is 5.32 Å². The van der Waals surface area contributed by atoms with Gasteiger partial charge in [0.25, 0.3) is 0 Å². The Morgan fingerprint density at radius 1 is 1.28 bits per heavy atom. The summed E-state index contributed by atoms with van der Waals surface area (Å²) in [5.41, 5.74) is 1.53. The molecule has 3 rings (SSSR count). The molecule has 1 amide bonds. The molecule has 0 fully saturated rings. The third kappa shape index (κ3) is 4.80. The van der Waals surface area contributed by atoms with Crippen LogP contribution in [0.5, 0.6) is 0 Å². The molecule has 0 unspecified atom stereocenters. The zero-order chi connectivity index (χ0) is 17.6. The number of nitrogens with zero attached hydrogens (tertiary/aromatic N) is 4. The molecule has 0 spiro atoms. The molecule has 9 heteroatoms. The van der Waals surface area contributed by atoms with E-state index in [0.717, 1.165) is 14.9 Å². The van der Waals surface area contributed by atoms with Crippen LogP contribution >= 0.6 is 27.7 Å². The van der Waals surface area contributed by atoms with Gasteiger partial charge in [0.2, 0.25) is 5.16 Å². The summed E-state index contributed by atoms with van der Waals surface area (Å²) < 4.78 is 7.66. The molecule has 7 nitrogen and oxygen atoms in total. The van der Waals surface area contributed by atoms with E-state index in [1.54, 1.807) is 17.8 Å². The van der Waals surface area contributed by atoms with E-state index in [-0.39, 0.29) is 6.61 Å². The van der Waals surface area contributed by atoms with Crippen LogP contribution in [0, 0.1) is 0 Å². The highest BCUT2D eigenvalue weighted by molar-refractivity contribution is 9.10. The van der Waals surface area contributed by atoms with Crippen molar-refractivity contribution in [1.29, 1.82) is 0 Å². The molecule has 2 aromatic carbocycles. The summed E-state index contributed by atoms with van der Waals surface area (Å²) in [4.78, 5) is 12.9. The molecule has 0 aliphatic carbocycles. The molecule has 0 bridgehead atoms. The van der Waals surface area contributed by atoms with Crippen LogP contribution in [-0.4, -0.2) is 26.3 Å². The van der Waals surface area contributed by atoms with Crippen LogP contribution in [0.2, 0.25) is 0 Å². The van der Waals surface area contributed by atoms with Gasteiger partial charge in [-0.05, 0) is 46.0 Å². The Morgan fingerprint density at radius 3 is 2.80 bits per heavy atom. The number of carbonyl (C=O) groups excluding carboxylic acids is 1. The summed E-state index contributed by atoms with van der Waals surface area (Å²) in [6.45, 7) is 0.205. The van der Waals surface area contributed by atoms with E-state index in [4.69, 9.17) is 4.74 Å². The molecule has 1 N–H and O–H groups in total. The van der Waals surface area contributed by atoms with Gasteiger partial charge in [0.05, 0.1) is 5.69 Å². The number of rotatable bonds is 5. The normalized spacial score (nSPS) is 10.5. The lowest BCUT2D eigenvalue weighted by Crippen LogP contribution is -2.14. The third-order valence-electron chi connectivity index (χ3n) is 3.17. The average molecular weight is 420 g/mol. The first-order valence-electron chi connectivity index (χ1n) is 7.29. The third-order valence-corrected chi connectivity index (χ3v) is 4.77.